The van der Waals surface area contributed by atoms with Gasteiger partial charge < -0.3 is 9.88 Å². The minimum Gasteiger partial charge on any atom is -0.363 e. The number of halogens is 4. The molecule has 0 fully saturated rings. The van der Waals surface area contributed by atoms with E-state index in [0.717, 1.165) is 12.1 Å². The van der Waals surface area contributed by atoms with Crippen molar-refractivity contribution in [3.63, 3.8) is 0 Å². The highest BCUT2D eigenvalue weighted by molar-refractivity contribution is 6.35. The molecule has 2 aromatic heterocycles. The molecule has 2 heterocycles. The number of nitro groups is 1. The van der Waals surface area contributed by atoms with Crippen molar-refractivity contribution in [1.29, 1.82) is 0 Å². The highest BCUT2D eigenvalue weighted by Crippen LogP contribution is 2.35. The van der Waals surface area contributed by atoms with Gasteiger partial charge in [-0.05, 0) is 24.6 Å². The summed E-state index contributed by atoms with van der Waals surface area (Å²) in [4.78, 5) is 26.2. The second-order valence-corrected chi connectivity index (χ2v) is 6.79. The zero-order valence-corrected chi connectivity index (χ0v) is 15.9. The molecule has 0 aliphatic rings. The van der Waals surface area contributed by atoms with Crippen molar-refractivity contribution in [2.45, 2.75) is 19.1 Å². The number of benzene rings is 1. The van der Waals surface area contributed by atoms with Gasteiger partial charge in [-0.2, -0.15) is 13.2 Å². The molecule has 11 heteroatoms. The summed E-state index contributed by atoms with van der Waals surface area (Å²) in [5, 5.41) is 14.7. The Hall–Kier alpha value is -3.14. The van der Waals surface area contributed by atoms with Gasteiger partial charge in [0.2, 0.25) is 0 Å². The molecule has 3 rings (SSSR count). The van der Waals surface area contributed by atoms with Gasteiger partial charge in [0.25, 0.3) is 11.2 Å². The van der Waals surface area contributed by atoms with Crippen LogP contribution >= 0.6 is 11.6 Å². The van der Waals surface area contributed by atoms with E-state index in [-0.39, 0.29) is 22.0 Å². The molecule has 0 bridgehead atoms. The van der Waals surface area contributed by atoms with Crippen LogP contribution in [0.1, 0.15) is 24.1 Å². The van der Waals surface area contributed by atoms with Crippen molar-refractivity contribution in [3.05, 3.63) is 73.1 Å². The first kappa shape index (κ1) is 20.6. The van der Waals surface area contributed by atoms with Gasteiger partial charge in [-0.25, -0.2) is 4.98 Å². The predicted molar refractivity (Wildman–Crippen MR) is 102 cm³/mol. The van der Waals surface area contributed by atoms with Crippen molar-refractivity contribution in [1.82, 2.24) is 9.55 Å². The van der Waals surface area contributed by atoms with E-state index in [4.69, 9.17) is 11.6 Å². The van der Waals surface area contributed by atoms with Crippen molar-refractivity contribution in [2.75, 3.05) is 5.32 Å². The number of alkyl halides is 3. The number of fused-ring (bicyclic) bond motifs is 1. The SMILES string of the molecule is C[C@@H](Nc1ncc(Cl)c2c1ccc(=O)n2C)c1cc([N+](=O)[O-])cc(C(F)(F)F)c1. The van der Waals surface area contributed by atoms with Crippen LogP contribution in [-0.4, -0.2) is 14.5 Å². The molecule has 1 N–H and O–H groups in total. The third-order valence-electron chi connectivity index (χ3n) is 4.43. The smallest absolute Gasteiger partial charge is 0.363 e. The van der Waals surface area contributed by atoms with Gasteiger partial charge >= 0.3 is 6.18 Å². The monoisotopic (exact) mass is 426 g/mol. The fraction of sp³-hybridized carbons (Fsp3) is 0.222. The number of nitrogens with zero attached hydrogens (tertiary/aromatic N) is 3. The average Bonchev–Trinajstić information content (AvgIpc) is 2.65. The summed E-state index contributed by atoms with van der Waals surface area (Å²) >= 11 is 6.14. The number of nitro benzene ring substituents is 1. The number of hydrogen-bond acceptors (Lipinski definition) is 5. The molecule has 1 atom stereocenters. The Morgan fingerprint density at radius 2 is 1.97 bits per heavy atom. The molecule has 0 spiro atoms. The summed E-state index contributed by atoms with van der Waals surface area (Å²) < 4.78 is 40.7. The van der Waals surface area contributed by atoms with Crippen LogP contribution < -0.4 is 10.9 Å². The number of anilines is 1. The summed E-state index contributed by atoms with van der Waals surface area (Å²) in [7, 11) is 1.53. The Morgan fingerprint density at radius 3 is 2.59 bits per heavy atom. The van der Waals surface area contributed by atoms with Gasteiger partial charge in [-0.3, -0.25) is 14.9 Å². The normalized spacial score (nSPS) is 12.8. The number of aryl methyl sites for hydroxylation is 1. The lowest BCUT2D eigenvalue weighted by Gasteiger charge is -2.18. The van der Waals surface area contributed by atoms with Crippen LogP contribution in [0.5, 0.6) is 0 Å². The van der Waals surface area contributed by atoms with Crippen LogP contribution in [0.25, 0.3) is 10.9 Å². The standard InChI is InChI=1S/C18H14ClF3N4O3/c1-9(10-5-11(18(20,21)22)7-12(6-10)26(28)29)24-17-13-3-4-15(27)25(2)16(13)14(19)8-23-17/h3-9H,1-2H3,(H,23,24)/t9-/m1/s1. The van der Waals surface area contributed by atoms with E-state index < -0.39 is 28.4 Å². The molecular weight excluding hydrogens is 413 g/mol. The van der Waals surface area contributed by atoms with Gasteiger partial charge in [-0.15, -0.1) is 0 Å². The second kappa shape index (κ2) is 7.36. The number of non-ortho nitro benzene ring substituents is 1. The largest absolute Gasteiger partial charge is 0.416 e. The molecular formula is C18H14ClF3N4O3. The van der Waals surface area contributed by atoms with E-state index in [1.807, 2.05) is 0 Å². The number of pyridine rings is 2. The van der Waals surface area contributed by atoms with Crippen molar-refractivity contribution in [2.24, 2.45) is 7.05 Å². The molecule has 1 aromatic carbocycles. The third-order valence-corrected chi connectivity index (χ3v) is 4.71. The Kier molecular flexibility index (Phi) is 5.22. The zero-order valence-electron chi connectivity index (χ0n) is 15.1. The Morgan fingerprint density at radius 1 is 1.28 bits per heavy atom. The van der Waals surface area contributed by atoms with Gasteiger partial charge in [-0.1, -0.05) is 11.6 Å². The van der Waals surface area contributed by atoms with Crippen LogP contribution in [0.4, 0.5) is 24.7 Å². The maximum absolute atomic E-state index is 13.1. The van der Waals surface area contributed by atoms with E-state index in [1.54, 1.807) is 6.92 Å². The van der Waals surface area contributed by atoms with E-state index in [0.29, 0.717) is 17.0 Å². The Bertz CT molecular complexity index is 1180. The van der Waals surface area contributed by atoms with Gasteiger partial charge in [0.1, 0.15) is 5.82 Å². The Balaban J connectivity index is 2.08. The molecule has 0 radical (unpaired) electrons. The lowest BCUT2D eigenvalue weighted by molar-refractivity contribution is -0.385. The molecule has 0 aliphatic heterocycles. The lowest BCUT2D eigenvalue weighted by Crippen LogP contribution is -2.17. The van der Waals surface area contributed by atoms with Crippen LogP contribution in [0.15, 0.2) is 41.3 Å². The van der Waals surface area contributed by atoms with Crippen molar-refractivity contribution < 1.29 is 18.1 Å². The first-order valence-corrected chi connectivity index (χ1v) is 8.64. The summed E-state index contributed by atoms with van der Waals surface area (Å²) in [5.74, 6) is 0.271. The molecule has 152 valence electrons. The highest BCUT2D eigenvalue weighted by Gasteiger charge is 2.33. The quantitative estimate of drug-likeness (QED) is 0.483. The minimum atomic E-state index is -4.73. The average molecular weight is 427 g/mol. The maximum atomic E-state index is 13.1. The summed E-state index contributed by atoms with van der Waals surface area (Å²) in [6.07, 6.45) is -3.42. The van der Waals surface area contributed by atoms with Crippen LogP contribution in [-0.2, 0) is 13.2 Å². The predicted octanol–water partition coefficient (Wildman–Crippen LogP) is 4.69. The number of hydrogen-bond donors (Lipinski definition) is 1. The summed E-state index contributed by atoms with van der Waals surface area (Å²) in [6, 6.07) is 4.46. The number of nitrogens with one attached hydrogen (secondary N) is 1. The molecule has 3 aromatic rings. The fourth-order valence-electron chi connectivity index (χ4n) is 2.93. The number of rotatable bonds is 4. The van der Waals surface area contributed by atoms with E-state index in [9.17, 15) is 28.1 Å². The fourth-order valence-corrected chi connectivity index (χ4v) is 3.20. The summed E-state index contributed by atoms with van der Waals surface area (Å²) in [6.45, 7) is 1.54. The van der Waals surface area contributed by atoms with E-state index in [2.05, 4.69) is 10.3 Å². The third kappa shape index (κ3) is 4.02. The zero-order chi connectivity index (χ0) is 21.5. The van der Waals surface area contributed by atoms with E-state index in [1.165, 1.54) is 29.9 Å². The Labute approximate surface area is 166 Å². The van der Waals surface area contributed by atoms with Gasteiger partial charge in [0, 0.05) is 30.6 Å². The summed E-state index contributed by atoms with van der Waals surface area (Å²) in [5.41, 5.74) is -1.62. The molecule has 0 aliphatic carbocycles. The van der Waals surface area contributed by atoms with Crippen LogP contribution in [0.3, 0.4) is 0 Å². The van der Waals surface area contributed by atoms with E-state index >= 15 is 0 Å². The molecule has 7 nitrogen and oxygen atoms in total. The van der Waals surface area contributed by atoms with Gasteiger partial charge in [0.05, 0.1) is 33.3 Å². The molecule has 29 heavy (non-hydrogen) atoms. The topological polar surface area (TPSA) is 90.1 Å². The van der Waals surface area contributed by atoms with Crippen molar-refractivity contribution in [3.8, 4) is 0 Å². The lowest BCUT2D eigenvalue weighted by atomic mass is 10.0. The molecule has 0 saturated heterocycles. The number of aromatic nitrogens is 2. The minimum absolute atomic E-state index is 0.0567. The molecule has 0 unspecified atom stereocenters. The van der Waals surface area contributed by atoms with Gasteiger partial charge in [0.15, 0.2) is 0 Å². The second-order valence-electron chi connectivity index (χ2n) is 6.38. The highest BCUT2D eigenvalue weighted by atomic mass is 35.5. The first-order chi connectivity index (χ1) is 13.5. The molecule has 0 saturated carbocycles. The molecule has 0 amide bonds. The maximum Gasteiger partial charge on any atom is 0.416 e. The first-order valence-electron chi connectivity index (χ1n) is 8.26. The van der Waals surface area contributed by atoms with Crippen LogP contribution in [0, 0.1) is 10.1 Å². The van der Waals surface area contributed by atoms with Crippen molar-refractivity contribution >= 4 is 34.0 Å². The van der Waals surface area contributed by atoms with Crippen LogP contribution in [0.2, 0.25) is 5.02 Å².